The highest BCUT2D eigenvalue weighted by Crippen LogP contribution is 2.36. The maximum atomic E-state index is 9.09. The van der Waals surface area contributed by atoms with Gasteiger partial charge in [0.05, 0.1) is 11.1 Å². The molecular formula is C11H10BrN3S. The summed E-state index contributed by atoms with van der Waals surface area (Å²) in [7, 11) is 0. The largest absolute Gasteiger partial charge is 0.347 e. The molecule has 82 valence electrons. The Morgan fingerprint density at radius 3 is 2.88 bits per heavy atom. The van der Waals surface area contributed by atoms with Crippen LogP contribution in [0.5, 0.6) is 0 Å². The minimum atomic E-state index is -0.0363. The van der Waals surface area contributed by atoms with Crippen molar-refractivity contribution in [2.45, 2.75) is 25.3 Å². The van der Waals surface area contributed by atoms with E-state index < -0.39 is 0 Å². The molecule has 0 N–H and O–H groups in total. The van der Waals surface area contributed by atoms with Crippen LogP contribution in [0.25, 0.3) is 0 Å². The number of halogens is 1. The summed E-state index contributed by atoms with van der Waals surface area (Å²) in [6.07, 6.45) is 3.16. The molecule has 16 heavy (non-hydrogen) atoms. The van der Waals surface area contributed by atoms with Crippen LogP contribution in [0, 0.1) is 22.7 Å². The van der Waals surface area contributed by atoms with E-state index in [2.05, 4.69) is 33.0 Å². The van der Waals surface area contributed by atoms with Crippen LogP contribution in [0.1, 0.15) is 24.1 Å². The fourth-order valence-corrected chi connectivity index (χ4v) is 3.53. The Kier molecular flexibility index (Phi) is 3.48. The zero-order valence-electron chi connectivity index (χ0n) is 8.61. The summed E-state index contributed by atoms with van der Waals surface area (Å²) in [5, 5.41) is 19.0. The van der Waals surface area contributed by atoms with Crippen LogP contribution < -0.4 is 4.90 Å². The topological polar surface area (TPSA) is 50.8 Å². The number of nitrogens with zero attached hydrogens (tertiary/aromatic N) is 3. The fraction of sp³-hybridized carbons (Fsp3) is 0.455. The summed E-state index contributed by atoms with van der Waals surface area (Å²) in [5.41, 5.74) is 0. The quantitative estimate of drug-likeness (QED) is 0.799. The van der Waals surface area contributed by atoms with Gasteiger partial charge >= 0.3 is 0 Å². The molecule has 0 radical (unpaired) electrons. The molecule has 1 fully saturated rings. The van der Waals surface area contributed by atoms with Gasteiger partial charge in [-0.15, -0.1) is 11.3 Å². The Hall–Kier alpha value is -1.04. The van der Waals surface area contributed by atoms with E-state index in [0.717, 1.165) is 35.3 Å². The van der Waals surface area contributed by atoms with Crippen molar-refractivity contribution in [1.82, 2.24) is 0 Å². The lowest BCUT2D eigenvalue weighted by Gasteiger charge is -2.31. The molecule has 0 aliphatic carbocycles. The highest BCUT2D eigenvalue weighted by molar-refractivity contribution is 9.10. The van der Waals surface area contributed by atoms with Crippen molar-refractivity contribution in [3.8, 4) is 12.1 Å². The van der Waals surface area contributed by atoms with Gasteiger partial charge in [0.15, 0.2) is 0 Å². The SMILES string of the molecule is N#Cc1sc(N2CCCCC2C#N)cc1Br. The highest BCUT2D eigenvalue weighted by Gasteiger charge is 2.24. The lowest BCUT2D eigenvalue weighted by Crippen LogP contribution is -2.37. The zero-order chi connectivity index (χ0) is 11.5. The fourth-order valence-electron chi connectivity index (χ4n) is 1.90. The molecule has 0 bridgehead atoms. The van der Waals surface area contributed by atoms with Gasteiger partial charge in [-0.25, -0.2) is 0 Å². The highest BCUT2D eigenvalue weighted by atomic mass is 79.9. The lowest BCUT2D eigenvalue weighted by molar-refractivity contribution is 0.523. The van der Waals surface area contributed by atoms with Crippen molar-refractivity contribution in [3.05, 3.63) is 15.4 Å². The van der Waals surface area contributed by atoms with Gasteiger partial charge in [-0.2, -0.15) is 10.5 Å². The summed E-state index contributed by atoms with van der Waals surface area (Å²) in [6.45, 7) is 0.913. The molecule has 1 unspecified atom stereocenters. The lowest BCUT2D eigenvalue weighted by atomic mass is 10.0. The normalized spacial score (nSPS) is 20.2. The smallest absolute Gasteiger partial charge is 0.121 e. The van der Waals surface area contributed by atoms with Crippen molar-refractivity contribution in [1.29, 1.82) is 10.5 Å². The molecule has 2 heterocycles. The molecule has 1 saturated heterocycles. The first kappa shape index (κ1) is 11.4. The van der Waals surface area contributed by atoms with Crippen molar-refractivity contribution < 1.29 is 0 Å². The average molecular weight is 296 g/mol. The second kappa shape index (κ2) is 4.86. The summed E-state index contributed by atoms with van der Waals surface area (Å²) in [4.78, 5) is 2.79. The second-order valence-corrected chi connectivity index (χ2v) is 5.59. The van der Waals surface area contributed by atoms with Crippen LogP contribution in [0.4, 0.5) is 5.00 Å². The van der Waals surface area contributed by atoms with E-state index in [0.29, 0.717) is 4.88 Å². The molecule has 3 nitrogen and oxygen atoms in total. The molecule has 0 aromatic carbocycles. The maximum Gasteiger partial charge on any atom is 0.121 e. The number of nitriles is 2. The Morgan fingerprint density at radius 2 is 2.25 bits per heavy atom. The van der Waals surface area contributed by atoms with Crippen molar-refractivity contribution in [3.63, 3.8) is 0 Å². The first-order valence-electron chi connectivity index (χ1n) is 5.12. The van der Waals surface area contributed by atoms with Gasteiger partial charge in [0, 0.05) is 11.0 Å². The van der Waals surface area contributed by atoms with E-state index in [-0.39, 0.29) is 6.04 Å². The number of rotatable bonds is 1. The first-order valence-corrected chi connectivity index (χ1v) is 6.73. The minimum absolute atomic E-state index is 0.0363. The molecule has 1 aliphatic rings. The van der Waals surface area contributed by atoms with Gasteiger partial charge in [-0.1, -0.05) is 0 Å². The Balaban J connectivity index is 2.29. The molecule has 0 saturated carbocycles. The maximum absolute atomic E-state index is 9.09. The van der Waals surface area contributed by atoms with Crippen molar-refractivity contribution >= 4 is 32.3 Å². The predicted molar refractivity (Wildman–Crippen MR) is 67.3 cm³/mol. The van der Waals surface area contributed by atoms with Gasteiger partial charge in [-0.3, -0.25) is 0 Å². The summed E-state index contributed by atoms with van der Waals surface area (Å²) in [5.74, 6) is 0. The van der Waals surface area contributed by atoms with Crippen LogP contribution in [-0.2, 0) is 0 Å². The summed E-state index contributed by atoms with van der Waals surface area (Å²) in [6, 6.07) is 6.39. The summed E-state index contributed by atoms with van der Waals surface area (Å²) >= 11 is 4.82. The Bertz CT molecular complexity index is 469. The van der Waals surface area contributed by atoms with Gasteiger partial charge < -0.3 is 4.90 Å². The average Bonchev–Trinajstić information content (AvgIpc) is 2.70. The molecule has 5 heteroatoms. The number of hydrogen-bond donors (Lipinski definition) is 0. The standard InChI is InChI=1S/C11H10BrN3S/c12-9-5-11(16-10(9)7-14)15-4-2-1-3-8(15)6-13/h5,8H,1-4H2. The van der Waals surface area contributed by atoms with Gasteiger partial charge in [0.1, 0.15) is 17.0 Å². The first-order chi connectivity index (χ1) is 7.76. The monoisotopic (exact) mass is 295 g/mol. The number of anilines is 1. The van der Waals surface area contributed by atoms with E-state index in [4.69, 9.17) is 10.5 Å². The van der Waals surface area contributed by atoms with Crippen LogP contribution >= 0.6 is 27.3 Å². The Labute approximate surface area is 107 Å². The Morgan fingerprint density at radius 1 is 1.44 bits per heavy atom. The van der Waals surface area contributed by atoms with E-state index in [9.17, 15) is 0 Å². The van der Waals surface area contributed by atoms with Crippen LogP contribution in [-0.4, -0.2) is 12.6 Å². The second-order valence-electron chi connectivity index (χ2n) is 3.71. The third kappa shape index (κ3) is 2.07. The van der Waals surface area contributed by atoms with Gasteiger partial charge in [0.2, 0.25) is 0 Å². The third-order valence-electron chi connectivity index (χ3n) is 2.71. The van der Waals surface area contributed by atoms with Gasteiger partial charge in [0.25, 0.3) is 0 Å². The van der Waals surface area contributed by atoms with E-state index in [1.807, 2.05) is 6.07 Å². The molecule has 0 amide bonds. The molecule has 1 aromatic rings. The van der Waals surface area contributed by atoms with Crippen LogP contribution in [0.3, 0.4) is 0 Å². The van der Waals surface area contributed by atoms with E-state index in [1.54, 1.807) is 0 Å². The van der Waals surface area contributed by atoms with Crippen LogP contribution in [0.2, 0.25) is 0 Å². The molecular weight excluding hydrogens is 286 g/mol. The third-order valence-corrected chi connectivity index (χ3v) is 4.67. The number of hydrogen-bond acceptors (Lipinski definition) is 4. The zero-order valence-corrected chi connectivity index (χ0v) is 11.0. The number of piperidine rings is 1. The number of thiophene rings is 1. The molecule has 2 rings (SSSR count). The minimum Gasteiger partial charge on any atom is -0.347 e. The van der Waals surface area contributed by atoms with Crippen molar-refractivity contribution in [2.75, 3.05) is 11.4 Å². The molecule has 1 aliphatic heterocycles. The molecule has 1 atom stereocenters. The molecule has 0 spiro atoms. The summed E-state index contributed by atoms with van der Waals surface area (Å²) < 4.78 is 0.831. The van der Waals surface area contributed by atoms with Gasteiger partial charge in [-0.05, 0) is 41.3 Å². The molecule has 1 aromatic heterocycles. The predicted octanol–water partition coefficient (Wildman–Crippen LogP) is 3.26. The van der Waals surface area contributed by atoms with Crippen LogP contribution in [0.15, 0.2) is 10.5 Å². The van der Waals surface area contributed by atoms with E-state index in [1.165, 1.54) is 11.3 Å². The van der Waals surface area contributed by atoms with Crippen molar-refractivity contribution in [2.24, 2.45) is 0 Å². The van der Waals surface area contributed by atoms with E-state index >= 15 is 0 Å².